The summed E-state index contributed by atoms with van der Waals surface area (Å²) in [4.78, 5) is 23.9. The summed E-state index contributed by atoms with van der Waals surface area (Å²) in [5.41, 5.74) is 5.39. The molecule has 0 unspecified atom stereocenters. The molecule has 3 rings (SSSR count). The number of ether oxygens (including phenoxy) is 1. The summed E-state index contributed by atoms with van der Waals surface area (Å²) in [6, 6.07) is 13.5. The maximum absolute atomic E-state index is 12.8. The van der Waals surface area contributed by atoms with Gasteiger partial charge in [0.15, 0.2) is 0 Å². The number of halogens is 3. The van der Waals surface area contributed by atoms with Crippen LogP contribution < -0.4 is 5.43 Å². The van der Waals surface area contributed by atoms with Crippen LogP contribution in [0.15, 0.2) is 59.7 Å². The van der Waals surface area contributed by atoms with E-state index in [1.807, 2.05) is 30.5 Å². The zero-order valence-electron chi connectivity index (χ0n) is 18.2. The molecule has 0 aliphatic heterocycles. The predicted octanol–water partition coefficient (Wildman–Crippen LogP) is 4.59. The molecule has 9 heteroatoms. The fourth-order valence-electron chi connectivity index (χ4n) is 3.46. The molecule has 33 heavy (non-hydrogen) atoms. The van der Waals surface area contributed by atoms with Gasteiger partial charge in [-0.1, -0.05) is 24.3 Å². The van der Waals surface area contributed by atoms with E-state index in [2.05, 4.69) is 10.5 Å². The standard InChI is InChI=1S/C24H22F3N3O3/c1-15-10-19(16(2)30(15)21-9-5-7-18(13-21)23(32)33-3)14-28-29-22(31)12-17-6-4-8-20(11-17)24(25,26)27/h4-11,13-14H,12H2,1-3H3,(H,29,31). The van der Waals surface area contributed by atoms with Crippen LogP contribution in [0.4, 0.5) is 13.2 Å². The minimum atomic E-state index is -4.47. The first-order chi connectivity index (χ1) is 15.6. The summed E-state index contributed by atoms with van der Waals surface area (Å²) >= 11 is 0. The number of hydrogen-bond acceptors (Lipinski definition) is 4. The van der Waals surface area contributed by atoms with Crippen molar-refractivity contribution in [1.29, 1.82) is 0 Å². The van der Waals surface area contributed by atoms with Gasteiger partial charge >= 0.3 is 12.1 Å². The predicted molar refractivity (Wildman–Crippen MR) is 117 cm³/mol. The van der Waals surface area contributed by atoms with Gasteiger partial charge in [0, 0.05) is 22.6 Å². The molecule has 1 N–H and O–H groups in total. The zero-order valence-corrected chi connectivity index (χ0v) is 18.2. The molecule has 6 nitrogen and oxygen atoms in total. The summed E-state index contributed by atoms with van der Waals surface area (Å²) in [6.07, 6.45) is -3.24. The quantitative estimate of drug-likeness (QED) is 0.334. The van der Waals surface area contributed by atoms with E-state index >= 15 is 0 Å². The molecule has 0 aliphatic carbocycles. The molecule has 0 atom stereocenters. The fraction of sp³-hybridized carbons (Fsp3) is 0.208. The van der Waals surface area contributed by atoms with Crippen molar-refractivity contribution in [3.8, 4) is 5.69 Å². The van der Waals surface area contributed by atoms with Gasteiger partial charge in [-0.05, 0) is 49.7 Å². The van der Waals surface area contributed by atoms with E-state index < -0.39 is 23.6 Å². The van der Waals surface area contributed by atoms with E-state index in [0.29, 0.717) is 5.56 Å². The molecule has 0 saturated carbocycles. The van der Waals surface area contributed by atoms with Crippen LogP contribution in [0.25, 0.3) is 5.69 Å². The lowest BCUT2D eigenvalue weighted by Gasteiger charge is -2.11. The number of amides is 1. The second kappa shape index (κ2) is 9.72. The van der Waals surface area contributed by atoms with E-state index in [4.69, 9.17) is 4.74 Å². The molecule has 1 heterocycles. The van der Waals surface area contributed by atoms with Crippen molar-refractivity contribution in [3.05, 3.63) is 88.2 Å². The molecule has 172 valence electrons. The summed E-state index contributed by atoms with van der Waals surface area (Å²) in [7, 11) is 1.32. The van der Waals surface area contributed by atoms with Crippen LogP contribution in [-0.2, 0) is 22.1 Å². The number of carbonyl (C=O) groups excluding carboxylic acids is 2. The number of carbonyl (C=O) groups is 2. The van der Waals surface area contributed by atoms with Crippen molar-refractivity contribution in [2.45, 2.75) is 26.4 Å². The monoisotopic (exact) mass is 457 g/mol. The Morgan fingerprint density at radius 3 is 2.52 bits per heavy atom. The van der Waals surface area contributed by atoms with Crippen LogP contribution in [-0.4, -0.2) is 29.8 Å². The Labute approximate surface area is 188 Å². The SMILES string of the molecule is COC(=O)c1cccc(-n2c(C)cc(C=NNC(=O)Cc3cccc(C(F)(F)F)c3)c2C)c1. The van der Waals surface area contributed by atoms with Gasteiger partial charge in [0.1, 0.15) is 0 Å². The summed E-state index contributed by atoms with van der Waals surface area (Å²) in [5.74, 6) is -0.977. The molecule has 0 bridgehead atoms. The highest BCUT2D eigenvalue weighted by atomic mass is 19.4. The third kappa shape index (κ3) is 5.68. The summed E-state index contributed by atoms with van der Waals surface area (Å²) < 4.78 is 45.2. The Bertz CT molecular complexity index is 1210. The number of benzene rings is 2. The number of nitrogens with one attached hydrogen (secondary N) is 1. The van der Waals surface area contributed by atoms with Gasteiger partial charge < -0.3 is 9.30 Å². The van der Waals surface area contributed by atoms with Crippen LogP contribution in [0.5, 0.6) is 0 Å². The van der Waals surface area contributed by atoms with Crippen molar-refractivity contribution in [2.24, 2.45) is 5.10 Å². The second-order valence-corrected chi connectivity index (χ2v) is 7.37. The van der Waals surface area contributed by atoms with Crippen LogP contribution in [0.3, 0.4) is 0 Å². The van der Waals surface area contributed by atoms with Gasteiger partial charge in [-0.25, -0.2) is 10.2 Å². The molecular formula is C24H22F3N3O3. The number of aromatic nitrogens is 1. The first-order valence-corrected chi connectivity index (χ1v) is 9.96. The average molecular weight is 457 g/mol. The smallest absolute Gasteiger partial charge is 0.416 e. The van der Waals surface area contributed by atoms with Gasteiger partial charge in [-0.3, -0.25) is 4.79 Å². The number of hydrogen-bond donors (Lipinski definition) is 1. The molecule has 1 amide bonds. The number of esters is 1. The third-order valence-electron chi connectivity index (χ3n) is 5.01. The number of alkyl halides is 3. The third-order valence-corrected chi connectivity index (χ3v) is 5.01. The van der Waals surface area contributed by atoms with Crippen LogP contribution in [0.2, 0.25) is 0 Å². The van der Waals surface area contributed by atoms with E-state index in [9.17, 15) is 22.8 Å². The Kier molecular flexibility index (Phi) is 7.01. The highest BCUT2D eigenvalue weighted by Crippen LogP contribution is 2.29. The van der Waals surface area contributed by atoms with Gasteiger partial charge in [0.05, 0.1) is 30.9 Å². The number of nitrogens with zero attached hydrogens (tertiary/aromatic N) is 2. The van der Waals surface area contributed by atoms with Crippen molar-refractivity contribution in [1.82, 2.24) is 9.99 Å². The lowest BCUT2D eigenvalue weighted by atomic mass is 10.1. The second-order valence-electron chi connectivity index (χ2n) is 7.37. The first kappa shape index (κ1) is 23.8. The van der Waals surface area contributed by atoms with E-state index in [1.165, 1.54) is 25.5 Å². The maximum Gasteiger partial charge on any atom is 0.416 e. The van der Waals surface area contributed by atoms with Crippen molar-refractivity contribution < 1.29 is 27.5 Å². The highest BCUT2D eigenvalue weighted by Gasteiger charge is 2.30. The zero-order chi connectivity index (χ0) is 24.2. The number of methoxy groups -OCH3 is 1. The minimum Gasteiger partial charge on any atom is -0.465 e. The van der Waals surface area contributed by atoms with Gasteiger partial charge in [-0.2, -0.15) is 18.3 Å². The van der Waals surface area contributed by atoms with E-state index in [1.54, 1.807) is 18.2 Å². The first-order valence-electron chi connectivity index (χ1n) is 9.96. The maximum atomic E-state index is 12.8. The van der Waals surface area contributed by atoms with Gasteiger partial charge in [0.25, 0.3) is 0 Å². The summed E-state index contributed by atoms with van der Waals surface area (Å²) in [6.45, 7) is 3.75. The number of rotatable bonds is 6. The van der Waals surface area contributed by atoms with Crippen LogP contribution in [0, 0.1) is 13.8 Å². The van der Waals surface area contributed by atoms with Crippen molar-refractivity contribution >= 4 is 18.1 Å². The average Bonchev–Trinajstić information content (AvgIpc) is 3.05. The number of aryl methyl sites for hydroxylation is 1. The van der Waals surface area contributed by atoms with E-state index in [-0.39, 0.29) is 12.0 Å². The Balaban J connectivity index is 1.72. The molecule has 0 saturated heterocycles. The number of hydrazone groups is 1. The van der Waals surface area contributed by atoms with Gasteiger partial charge in [0.2, 0.25) is 5.91 Å². The minimum absolute atomic E-state index is 0.236. The Morgan fingerprint density at radius 1 is 1.09 bits per heavy atom. The normalized spacial score (nSPS) is 11.6. The Morgan fingerprint density at radius 2 is 1.82 bits per heavy atom. The molecule has 1 aromatic heterocycles. The van der Waals surface area contributed by atoms with Crippen LogP contribution >= 0.6 is 0 Å². The lowest BCUT2D eigenvalue weighted by molar-refractivity contribution is -0.137. The fourth-order valence-corrected chi connectivity index (χ4v) is 3.46. The largest absolute Gasteiger partial charge is 0.465 e. The molecule has 0 fully saturated rings. The molecule has 0 radical (unpaired) electrons. The highest BCUT2D eigenvalue weighted by molar-refractivity contribution is 5.90. The molecule has 0 aliphatic rings. The molecule has 2 aromatic carbocycles. The van der Waals surface area contributed by atoms with Gasteiger partial charge in [-0.15, -0.1) is 0 Å². The van der Waals surface area contributed by atoms with Crippen LogP contribution in [0.1, 0.15) is 38.4 Å². The summed E-state index contributed by atoms with van der Waals surface area (Å²) in [5, 5.41) is 3.94. The molecule has 0 spiro atoms. The van der Waals surface area contributed by atoms with E-state index in [0.717, 1.165) is 34.8 Å². The van der Waals surface area contributed by atoms with Crippen molar-refractivity contribution in [3.63, 3.8) is 0 Å². The molecular weight excluding hydrogens is 435 g/mol. The van der Waals surface area contributed by atoms with Crippen molar-refractivity contribution in [2.75, 3.05) is 7.11 Å². The molecule has 3 aromatic rings. The Hall–Kier alpha value is -3.88. The lowest BCUT2D eigenvalue weighted by Crippen LogP contribution is -2.20. The topological polar surface area (TPSA) is 72.7 Å².